The monoisotopic (exact) mass is 1520 g/mol. The highest BCUT2D eigenvalue weighted by molar-refractivity contribution is 6.01. The number of primary amides is 1. The number of aliphatic carboxylic acids is 6. The molecule has 594 valence electrons. The van der Waals surface area contributed by atoms with E-state index in [1.54, 1.807) is 26.8 Å². The van der Waals surface area contributed by atoms with E-state index in [1.165, 1.54) is 62.4 Å². The summed E-state index contributed by atoms with van der Waals surface area (Å²) in [6.45, 7) is 6.61. The van der Waals surface area contributed by atoms with Gasteiger partial charge in [-0.15, -0.1) is 0 Å². The molecule has 2 aromatic rings. The second-order valence-corrected chi connectivity index (χ2v) is 26.2. The number of nitrogens with two attached hydrogens (primary N) is 2. The fourth-order valence-electron chi connectivity index (χ4n) is 10.9. The van der Waals surface area contributed by atoms with E-state index in [9.17, 15) is 127 Å². The van der Waals surface area contributed by atoms with Gasteiger partial charge in [-0.05, 0) is 87.0 Å². The molecule has 40 heteroatoms. The Labute approximate surface area is 618 Å². The van der Waals surface area contributed by atoms with Crippen LogP contribution in [0.4, 0.5) is 0 Å². The van der Waals surface area contributed by atoms with Crippen molar-refractivity contribution in [3.05, 3.63) is 65.7 Å². The van der Waals surface area contributed by atoms with E-state index in [1.807, 2.05) is 0 Å². The van der Waals surface area contributed by atoms with Gasteiger partial charge >= 0.3 is 35.8 Å². The van der Waals surface area contributed by atoms with Crippen molar-refractivity contribution >= 4 is 113 Å². The molecule has 0 saturated carbocycles. The lowest BCUT2D eigenvalue weighted by Crippen LogP contribution is -2.61. The molecule has 1 aliphatic rings. The molecule has 0 unspecified atom stereocenters. The second-order valence-electron chi connectivity index (χ2n) is 26.2. The molecule has 1 saturated heterocycles. The minimum atomic E-state index is -1.96. The molecule has 13 atom stereocenters. The summed E-state index contributed by atoms with van der Waals surface area (Å²) in [4.78, 5) is 252. The highest BCUT2D eigenvalue weighted by Crippen LogP contribution is 2.23. The topological polar surface area (TPSA) is 654 Å². The number of likely N-dealkylation sites (tertiary alicyclic amines) is 1. The van der Waals surface area contributed by atoms with Crippen molar-refractivity contribution in [2.24, 2.45) is 23.3 Å². The average molecular weight is 1530 g/mol. The number of hydrogen-bond acceptors (Lipinski definition) is 21. The molecule has 40 nitrogen and oxygen atoms in total. The van der Waals surface area contributed by atoms with Gasteiger partial charge in [0.05, 0.1) is 25.4 Å². The van der Waals surface area contributed by atoms with Gasteiger partial charge in [0.25, 0.3) is 0 Å². The minimum Gasteiger partial charge on any atom is -0.508 e. The SMILES string of the molecule is CC[C@H](C)[C@H](NC(=O)[C@H](CCC(=O)O)NC(=O)[C@H](CCC(=O)O)NC(=O)[C@H](Cc1ccccc1)NC(=O)[C@H](CC(=O)O)NC(=O)CNC(=O)[C@@H](N)CC(N)=O)C(=O)N1CCC[C@H]1C(=O)N[C@@H](CCC(=O)O)C(=O)N[C@@H](CCC(=O)O)C(=O)N[C@@H](Cc1ccc(O)cc1)C(=O)N[C@@H](CC(C)C)C(=O)N[C@@H](C)C(=O)O. The number of benzene rings is 2. The van der Waals surface area contributed by atoms with Crippen LogP contribution in [0.1, 0.15) is 136 Å². The van der Waals surface area contributed by atoms with Crippen molar-refractivity contribution < 1.29 is 127 Å². The van der Waals surface area contributed by atoms with E-state index in [0.29, 0.717) is 11.1 Å². The summed E-state index contributed by atoms with van der Waals surface area (Å²) in [5.74, 6) is -24.8. The first-order valence-electron chi connectivity index (χ1n) is 34.5. The van der Waals surface area contributed by atoms with Crippen LogP contribution in [-0.4, -0.2) is 239 Å². The Morgan fingerprint density at radius 2 is 0.880 bits per heavy atom. The van der Waals surface area contributed by atoms with Crippen LogP contribution in [0.25, 0.3) is 0 Å². The standard InChI is InChI=1S/C68H96N14O26/c1-6-34(4)56(81-61(100)43(21-25-54(92)93)75-58(97)40(18-22-51(86)87)76-63(102)45(28-36-11-8-7-9-12-36)80-65(104)47(31-55(94)95)73-50(85)32-71-57(96)39(69)30-49(70)84)67(106)82-26-10-13-48(82)66(105)77-42(20-24-53(90)91)59(98)74-41(19-23-52(88)89)60(99)79-46(29-37-14-16-38(83)17-15-37)64(103)78-44(27-33(2)3)62(101)72-35(5)68(107)108/h7-9,11-12,14-17,33-35,39-48,56,83H,6,10,13,18-32,69H2,1-5H3,(H2,70,84)(H,71,96)(H,72,101)(H,73,85)(H,74,98)(H,75,97)(H,76,102)(H,77,105)(H,78,103)(H,79,99)(H,80,104)(H,81,100)(H,86,87)(H,88,89)(H,90,91)(H,92,93)(H,94,95)(H,107,108)/t34-,35-,39-,40-,41-,42-,43-,44-,45-,46-,47-,48-,56-/m0/s1. The number of carboxylic acid groups (broad SMARTS) is 6. The van der Waals surface area contributed by atoms with Crippen LogP contribution in [0, 0.1) is 11.8 Å². The molecule has 0 aromatic heterocycles. The minimum absolute atomic E-state index is 0.0325. The van der Waals surface area contributed by atoms with Crippen molar-refractivity contribution in [3.8, 4) is 5.75 Å². The van der Waals surface area contributed by atoms with Crippen molar-refractivity contribution in [2.75, 3.05) is 13.1 Å². The van der Waals surface area contributed by atoms with Crippen LogP contribution in [-0.2, 0) is 104 Å². The Balaban J connectivity index is 1.98. The molecule has 3 rings (SSSR count). The Hall–Kier alpha value is -11.9. The van der Waals surface area contributed by atoms with Crippen molar-refractivity contribution in [1.82, 2.24) is 63.4 Å². The Morgan fingerprint density at radius 1 is 0.472 bits per heavy atom. The summed E-state index contributed by atoms with van der Waals surface area (Å²) >= 11 is 0. The Kier molecular flexibility index (Phi) is 37.5. The maximum atomic E-state index is 14.9. The fourth-order valence-corrected chi connectivity index (χ4v) is 10.9. The summed E-state index contributed by atoms with van der Waals surface area (Å²) in [6, 6.07) is -7.32. The molecule has 1 heterocycles. The van der Waals surface area contributed by atoms with Gasteiger partial charge in [0, 0.05) is 45.1 Å². The number of hydrogen-bond donors (Lipinski definition) is 20. The second kappa shape index (κ2) is 44.8. The molecule has 0 aliphatic carbocycles. The first-order valence-corrected chi connectivity index (χ1v) is 34.5. The lowest BCUT2D eigenvalue weighted by molar-refractivity contribution is -0.144. The van der Waals surface area contributed by atoms with Crippen LogP contribution in [0.15, 0.2) is 54.6 Å². The van der Waals surface area contributed by atoms with E-state index < -0.39 is 268 Å². The van der Waals surface area contributed by atoms with Gasteiger partial charge in [-0.2, -0.15) is 0 Å². The Morgan fingerprint density at radius 3 is 1.31 bits per heavy atom. The van der Waals surface area contributed by atoms with Gasteiger partial charge < -0.3 is 111 Å². The zero-order valence-electron chi connectivity index (χ0n) is 60.0. The van der Waals surface area contributed by atoms with Gasteiger partial charge in [0.1, 0.15) is 72.2 Å². The first kappa shape index (κ1) is 90.3. The van der Waals surface area contributed by atoms with Crippen LogP contribution >= 0.6 is 0 Å². The molecule has 1 aliphatic heterocycles. The van der Waals surface area contributed by atoms with Crippen LogP contribution in [0.3, 0.4) is 0 Å². The van der Waals surface area contributed by atoms with Crippen molar-refractivity contribution in [2.45, 2.75) is 210 Å². The highest BCUT2D eigenvalue weighted by atomic mass is 16.4. The first-order chi connectivity index (χ1) is 50.7. The van der Waals surface area contributed by atoms with Gasteiger partial charge in [0.2, 0.25) is 76.8 Å². The molecule has 13 amide bonds. The third-order valence-electron chi connectivity index (χ3n) is 16.9. The van der Waals surface area contributed by atoms with Crippen molar-refractivity contribution in [3.63, 3.8) is 0 Å². The number of phenolic OH excluding ortho intramolecular Hbond substituents is 1. The summed E-state index contributed by atoms with van der Waals surface area (Å²) < 4.78 is 0. The zero-order chi connectivity index (χ0) is 81.2. The fraction of sp³-hybridized carbons (Fsp3) is 0.544. The number of nitrogens with zero attached hydrogens (tertiary/aromatic N) is 1. The van der Waals surface area contributed by atoms with Crippen molar-refractivity contribution in [1.29, 1.82) is 0 Å². The lowest BCUT2D eigenvalue weighted by Gasteiger charge is -2.33. The van der Waals surface area contributed by atoms with E-state index in [2.05, 4.69) is 58.5 Å². The average Bonchev–Trinajstić information content (AvgIpc) is 1.60. The molecule has 0 bridgehead atoms. The maximum Gasteiger partial charge on any atom is 0.325 e. The van der Waals surface area contributed by atoms with Gasteiger partial charge in [-0.3, -0.25) is 91.1 Å². The number of rotatable bonds is 48. The van der Waals surface area contributed by atoms with Crippen LogP contribution in [0.5, 0.6) is 5.75 Å². The van der Waals surface area contributed by atoms with E-state index >= 15 is 0 Å². The van der Waals surface area contributed by atoms with E-state index in [-0.39, 0.29) is 50.3 Å². The molecule has 0 radical (unpaired) electrons. The van der Waals surface area contributed by atoms with E-state index in [4.69, 9.17) is 11.5 Å². The summed E-state index contributed by atoms with van der Waals surface area (Å²) in [6.07, 6.45) is -8.56. The molecule has 2 aromatic carbocycles. The number of phenols is 1. The zero-order valence-corrected chi connectivity index (χ0v) is 60.0. The number of carboxylic acids is 6. The van der Waals surface area contributed by atoms with Gasteiger partial charge in [0.15, 0.2) is 0 Å². The number of nitrogens with one attached hydrogen (secondary N) is 11. The molecular formula is C68H96N14O26. The van der Waals surface area contributed by atoms with Gasteiger partial charge in [-0.25, -0.2) is 0 Å². The molecule has 0 spiro atoms. The van der Waals surface area contributed by atoms with Gasteiger partial charge in [-0.1, -0.05) is 76.6 Å². The normalized spacial score (nSPS) is 15.7. The summed E-state index contributed by atoms with van der Waals surface area (Å²) in [5.41, 5.74) is 11.3. The number of aromatic hydroxyl groups is 1. The summed E-state index contributed by atoms with van der Waals surface area (Å²) in [5, 5.41) is 93.7. The number of carbonyl (C=O) groups is 19. The molecule has 22 N–H and O–H groups in total. The maximum absolute atomic E-state index is 14.9. The highest BCUT2D eigenvalue weighted by Gasteiger charge is 2.43. The third-order valence-corrected chi connectivity index (χ3v) is 16.9. The lowest BCUT2D eigenvalue weighted by atomic mass is 9.96. The third kappa shape index (κ3) is 32.2. The smallest absolute Gasteiger partial charge is 0.325 e. The van der Waals surface area contributed by atoms with Crippen LogP contribution < -0.4 is 70.0 Å². The Bertz CT molecular complexity index is 3580. The van der Waals surface area contributed by atoms with Crippen LogP contribution in [0.2, 0.25) is 0 Å². The van der Waals surface area contributed by atoms with E-state index in [0.717, 1.165) is 4.90 Å². The quantitative estimate of drug-likeness (QED) is 0.0297. The number of amides is 13. The molecule has 108 heavy (non-hydrogen) atoms. The predicted octanol–water partition coefficient (Wildman–Crippen LogP) is -4.53. The number of carbonyl (C=O) groups excluding carboxylic acids is 13. The largest absolute Gasteiger partial charge is 0.508 e. The molecular weight excluding hydrogens is 1430 g/mol. The predicted molar refractivity (Wildman–Crippen MR) is 373 cm³/mol. The summed E-state index contributed by atoms with van der Waals surface area (Å²) in [7, 11) is 0. The molecule has 1 fully saturated rings.